The smallest absolute Gasteiger partial charge is 0.229 e. The lowest BCUT2D eigenvalue weighted by atomic mass is 10.3. The third kappa shape index (κ3) is 3.24. The van der Waals surface area contributed by atoms with Crippen LogP contribution >= 0.6 is 23.2 Å². The number of hydrogen-bond acceptors (Lipinski definition) is 5. The van der Waals surface area contributed by atoms with Crippen LogP contribution in [0.5, 0.6) is 0 Å². The third-order valence-corrected chi connectivity index (χ3v) is 3.23. The van der Waals surface area contributed by atoms with Crippen molar-refractivity contribution in [2.75, 3.05) is 10.6 Å². The molecule has 0 bridgehead atoms. The molecule has 0 fully saturated rings. The number of rotatable bonds is 4. The van der Waals surface area contributed by atoms with E-state index >= 15 is 0 Å². The molecule has 21 heavy (non-hydrogen) atoms. The molecule has 0 amide bonds. The summed E-state index contributed by atoms with van der Waals surface area (Å²) in [6, 6.07) is 7.34. The summed E-state index contributed by atoms with van der Waals surface area (Å²) in [4.78, 5) is 8.43. The molecular formula is C13H10Cl2N6. The van der Waals surface area contributed by atoms with Gasteiger partial charge in [-0.15, -0.1) is 0 Å². The van der Waals surface area contributed by atoms with E-state index in [0.29, 0.717) is 27.5 Å². The van der Waals surface area contributed by atoms with Crippen LogP contribution in [-0.2, 0) is 0 Å². The van der Waals surface area contributed by atoms with Crippen LogP contribution in [0.25, 0.3) is 0 Å². The summed E-state index contributed by atoms with van der Waals surface area (Å²) in [5.41, 5.74) is 1.47. The average Bonchev–Trinajstić information content (AvgIpc) is 2.98. The van der Waals surface area contributed by atoms with Gasteiger partial charge in [0.25, 0.3) is 0 Å². The van der Waals surface area contributed by atoms with E-state index in [1.165, 1.54) is 6.20 Å². The van der Waals surface area contributed by atoms with Gasteiger partial charge in [0.05, 0.1) is 28.8 Å². The molecule has 2 aromatic heterocycles. The first kappa shape index (κ1) is 13.7. The fourth-order valence-corrected chi connectivity index (χ4v) is 1.97. The van der Waals surface area contributed by atoms with Gasteiger partial charge in [0, 0.05) is 6.20 Å². The van der Waals surface area contributed by atoms with Crippen LogP contribution in [0.2, 0.25) is 10.0 Å². The molecule has 2 heterocycles. The molecule has 3 rings (SSSR count). The Morgan fingerprint density at radius 1 is 1.00 bits per heavy atom. The normalized spacial score (nSPS) is 10.4. The molecule has 0 aliphatic rings. The highest BCUT2D eigenvalue weighted by atomic mass is 35.5. The Balaban J connectivity index is 1.86. The highest BCUT2D eigenvalue weighted by Gasteiger charge is 2.08. The highest BCUT2D eigenvalue weighted by Crippen LogP contribution is 2.28. The minimum absolute atomic E-state index is 0.396. The first-order valence-corrected chi connectivity index (χ1v) is 6.78. The van der Waals surface area contributed by atoms with Gasteiger partial charge in [0.15, 0.2) is 5.82 Å². The maximum atomic E-state index is 6.10. The van der Waals surface area contributed by atoms with Crippen LogP contribution < -0.4 is 10.6 Å². The molecule has 0 unspecified atom stereocenters. The second-order valence-electron chi connectivity index (χ2n) is 4.11. The number of halogens is 2. The monoisotopic (exact) mass is 320 g/mol. The molecule has 0 aliphatic carbocycles. The van der Waals surface area contributed by atoms with E-state index in [1.807, 2.05) is 18.2 Å². The zero-order valence-corrected chi connectivity index (χ0v) is 12.2. The molecular weight excluding hydrogens is 311 g/mol. The van der Waals surface area contributed by atoms with Crippen LogP contribution in [0.3, 0.4) is 0 Å². The zero-order valence-electron chi connectivity index (χ0n) is 10.6. The number of aromatic amines is 1. The Kier molecular flexibility index (Phi) is 3.89. The number of anilines is 4. The first-order valence-electron chi connectivity index (χ1n) is 6.02. The SMILES string of the molecule is Clc1ccccc1Nc1nc(Nc2cn[nH]c2)ncc1Cl. The van der Waals surface area contributed by atoms with Crippen molar-refractivity contribution in [1.82, 2.24) is 20.2 Å². The molecule has 1 aromatic carbocycles. The number of hydrogen-bond donors (Lipinski definition) is 3. The van der Waals surface area contributed by atoms with Crippen molar-refractivity contribution in [3.8, 4) is 0 Å². The number of aromatic nitrogens is 4. The number of para-hydroxylation sites is 1. The maximum Gasteiger partial charge on any atom is 0.229 e. The van der Waals surface area contributed by atoms with E-state index in [-0.39, 0.29) is 0 Å². The molecule has 3 aromatic rings. The Bertz CT molecular complexity index is 744. The molecule has 0 saturated carbocycles. The van der Waals surface area contributed by atoms with Gasteiger partial charge in [-0.1, -0.05) is 35.3 Å². The predicted molar refractivity (Wildman–Crippen MR) is 83.6 cm³/mol. The fourth-order valence-electron chi connectivity index (χ4n) is 1.65. The molecule has 0 aliphatic heterocycles. The van der Waals surface area contributed by atoms with Gasteiger partial charge in [0.2, 0.25) is 5.95 Å². The summed E-state index contributed by atoms with van der Waals surface area (Å²) in [6.07, 6.45) is 4.83. The number of benzene rings is 1. The summed E-state index contributed by atoms with van der Waals surface area (Å²) in [5.74, 6) is 0.862. The van der Waals surface area contributed by atoms with Crippen molar-refractivity contribution in [3.05, 3.63) is 52.9 Å². The first-order chi connectivity index (χ1) is 10.2. The lowest BCUT2D eigenvalue weighted by Crippen LogP contribution is -2.01. The molecule has 106 valence electrons. The highest BCUT2D eigenvalue weighted by molar-refractivity contribution is 6.34. The summed E-state index contributed by atoms with van der Waals surface area (Å²) in [6.45, 7) is 0. The standard InChI is InChI=1S/C13H10Cl2N6/c14-9-3-1-2-4-11(9)20-12-10(15)7-16-13(21-12)19-8-5-17-18-6-8/h1-7H,(H,17,18)(H2,16,19,20,21). The average molecular weight is 321 g/mol. The topological polar surface area (TPSA) is 78.5 Å². The van der Waals surface area contributed by atoms with Crippen molar-refractivity contribution < 1.29 is 0 Å². The fraction of sp³-hybridized carbons (Fsp3) is 0. The Labute approximate surface area is 130 Å². The molecule has 3 N–H and O–H groups in total. The lowest BCUT2D eigenvalue weighted by molar-refractivity contribution is 1.09. The zero-order chi connectivity index (χ0) is 14.7. The van der Waals surface area contributed by atoms with Crippen molar-refractivity contribution in [2.24, 2.45) is 0 Å². The molecule has 8 heteroatoms. The minimum Gasteiger partial charge on any atom is -0.338 e. The number of nitrogens with one attached hydrogen (secondary N) is 3. The molecule has 0 radical (unpaired) electrons. The van der Waals surface area contributed by atoms with Crippen LogP contribution in [0.4, 0.5) is 23.1 Å². The Morgan fingerprint density at radius 3 is 2.62 bits per heavy atom. The van der Waals surface area contributed by atoms with E-state index in [0.717, 1.165) is 5.69 Å². The molecule has 0 saturated heterocycles. The van der Waals surface area contributed by atoms with E-state index in [1.54, 1.807) is 18.5 Å². The van der Waals surface area contributed by atoms with E-state index in [4.69, 9.17) is 23.2 Å². The third-order valence-electron chi connectivity index (χ3n) is 2.63. The quantitative estimate of drug-likeness (QED) is 0.677. The lowest BCUT2D eigenvalue weighted by Gasteiger charge is -2.10. The summed E-state index contributed by atoms with van der Waals surface area (Å²) >= 11 is 12.2. The second kappa shape index (κ2) is 5.99. The van der Waals surface area contributed by atoms with Gasteiger partial charge in [-0.25, -0.2) is 4.98 Å². The summed E-state index contributed by atoms with van der Waals surface area (Å²) in [5, 5.41) is 13.6. The Morgan fingerprint density at radius 2 is 1.86 bits per heavy atom. The summed E-state index contributed by atoms with van der Waals surface area (Å²) in [7, 11) is 0. The second-order valence-corrected chi connectivity index (χ2v) is 4.92. The Hall–Kier alpha value is -2.31. The van der Waals surface area contributed by atoms with Crippen LogP contribution in [0.15, 0.2) is 42.9 Å². The minimum atomic E-state index is 0.396. The van der Waals surface area contributed by atoms with Crippen molar-refractivity contribution in [2.45, 2.75) is 0 Å². The predicted octanol–water partition coefficient (Wildman–Crippen LogP) is 3.99. The van der Waals surface area contributed by atoms with Gasteiger partial charge in [-0.05, 0) is 12.1 Å². The van der Waals surface area contributed by atoms with Crippen LogP contribution in [0, 0.1) is 0 Å². The van der Waals surface area contributed by atoms with Crippen LogP contribution in [-0.4, -0.2) is 20.2 Å². The van der Waals surface area contributed by atoms with Gasteiger partial charge in [-0.3, -0.25) is 5.10 Å². The largest absolute Gasteiger partial charge is 0.338 e. The van der Waals surface area contributed by atoms with Gasteiger partial charge >= 0.3 is 0 Å². The molecule has 6 nitrogen and oxygen atoms in total. The molecule has 0 spiro atoms. The van der Waals surface area contributed by atoms with Crippen molar-refractivity contribution in [1.29, 1.82) is 0 Å². The molecule has 0 atom stereocenters. The van der Waals surface area contributed by atoms with E-state index in [2.05, 4.69) is 30.8 Å². The van der Waals surface area contributed by atoms with Gasteiger partial charge < -0.3 is 10.6 Å². The van der Waals surface area contributed by atoms with Gasteiger partial charge in [-0.2, -0.15) is 10.1 Å². The van der Waals surface area contributed by atoms with E-state index < -0.39 is 0 Å². The van der Waals surface area contributed by atoms with E-state index in [9.17, 15) is 0 Å². The maximum absolute atomic E-state index is 6.10. The van der Waals surface area contributed by atoms with Gasteiger partial charge in [0.1, 0.15) is 5.02 Å². The van der Waals surface area contributed by atoms with Crippen LogP contribution in [0.1, 0.15) is 0 Å². The number of nitrogens with zero attached hydrogens (tertiary/aromatic N) is 3. The van der Waals surface area contributed by atoms with Crippen molar-refractivity contribution >= 4 is 46.3 Å². The number of H-pyrrole nitrogens is 1. The van der Waals surface area contributed by atoms with Crippen molar-refractivity contribution in [3.63, 3.8) is 0 Å². The summed E-state index contributed by atoms with van der Waals surface area (Å²) < 4.78 is 0.